The lowest BCUT2D eigenvalue weighted by Crippen LogP contribution is -2.30. The topological polar surface area (TPSA) is 78.9 Å². The van der Waals surface area contributed by atoms with Gasteiger partial charge in [0.1, 0.15) is 13.2 Å². The molecule has 0 aliphatic rings. The number of esters is 3. The first-order valence-electron chi connectivity index (χ1n) is 27.9. The summed E-state index contributed by atoms with van der Waals surface area (Å²) in [6.45, 7) is 6.41. The van der Waals surface area contributed by atoms with Crippen molar-refractivity contribution in [3.8, 4) is 0 Å². The molecular formula is C62H102O6. The van der Waals surface area contributed by atoms with Crippen LogP contribution in [0.5, 0.6) is 0 Å². The molecular weight excluding hydrogens is 841 g/mol. The van der Waals surface area contributed by atoms with Crippen LogP contribution in [0.1, 0.15) is 245 Å². The van der Waals surface area contributed by atoms with E-state index in [9.17, 15) is 14.4 Å². The molecule has 0 rings (SSSR count). The molecule has 0 aromatic heterocycles. The van der Waals surface area contributed by atoms with E-state index in [2.05, 4.69) is 130 Å². The average molecular weight is 943 g/mol. The molecule has 0 bridgehead atoms. The summed E-state index contributed by atoms with van der Waals surface area (Å²) in [5.41, 5.74) is 0. The molecule has 1 unspecified atom stereocenters. The zero-order chi connectivity index (χ0) is 49.3. The predicted molar refractivity (Wildman–Crippen MR) is 293 cm³/mol. The summed E-state index contributed by atoms with van der Waals surface area (Å²) >= 11 is 0. The van der Waals surface area contributed by atoms with Crippen molar-refractivity contribution in [1.29, 1.82) is 0 Å². The predicted octanol–water partition coefficient (Wildman–Crippen LogP) is 18.7. The first-order chi connectivity index (χ1) is 33.5. The van der Waals surface area contributed by atoms with Crippen molar-refractivity contribution >= 4 is 17.9 Å². The summed E-state index contributed by atoms with van der Waals surface area (Å²) in [5, 5.41) is 0. The van der Waals surface area contributed by atoms with E-state index in [0.717, 1.165) is 148 Å². The second-order valence-electron chi connectivity index (χ2n) is 18.1. The maximum absolute atomic E-state index is 12.8. The van der Waals surface area contributed by atoms with Gasteiger partial charge in [-0.2, -0.15) is 0 Å². The van der Waals surface area contributed by atoms with Crippen molar-refractivity contribution < 1.29 is 28.6 Å². The summed E-state index contributed by atoms with van der Waals surface area (Å²) in [4.78, 5) is 38.0. The van der Waals surface area contributed by atoms with Crippen molar-refractivity contribution in [3.63, 3.8) is 0 Å². The standard InChI is InChI=1S/C62H102O6/c1-4-7-10-13-16-19-22-24-26-27-28-29-30-31-32-33-34-35-36-38-40-43-46-49-52-55-61(64)67-58-59(57-66-60(63)54-51-48-45-42-39-21-18-15-12-9-6-3)68-62(65)56-53-50-47-44-41-37-25-23-20-17-14-11-8-5-2/h7,10,14-19,23-26,28-29,31-32,34-35,59H,4-6,8-9,11-13,20-22,27,30,33,36-58H2,1-3H3/b10-7-,17-14-,18-15-,19-16-,25-23-,26-24-,29-28-,32-31-,35-34-. The highest BCUT2D eigenvalue weighted by molar-refractivity contribution is 5.71. The van der Waals surface area contributed by atoms with Gasteiger partial charge in [0.15, 0.2) is 6.10 Å². The van der Waals surface area contributed by atoms with Crippen LogP contribution in [0.3, 0.4) is 0 Å². The third-order valence-corrected chi connectivity index (χ3v) is 11.5. The van der Waals surface area contributed by atoms with Gasteiger partial charge in [-0.05, 0) is 116 Å². The Morgan fingerprint density at radius 3 is 0.912 bits per heavy atom. The molecule has 0 aromatic rings. The summed E-state index contributed by atoms with van der Waals surface area (Å²) < 4.78 is 16.8. The first kappa shape index (κ1) is 64.1. The third kappa shape index (κ3) is 53.0. The lowest BCUT2D eigenvalue weighted by molar-refractivity contribution is -0.167. The molecule has 0 amide bonds. The average Bonchev–Trinajstić information content (AvgIpc) is 3.34. The van der Waals surface area contributed by atoms with Crippen molar-refractivity contribution in [2.24, 2.45) is 0 Å². The molecule has 6 nitrogen and oxygen atoms in total. The van der Waals surface area contributed by atoms with Crippen LogP contribution in [0, 0.1) is 0 Å². The zero-order valence-electron chi connectivity index (χ0n) is 44.1. The van der Waals surface area contributed by atoms with E-state index in [1.807, 2.05) is 0 Å². The number of carbonyl (C=O) groups is 3. The van der Waals surface area contributed by atoms with E-state index in [-0.39, 0.29) is 31.1 Å². The van der Waals surface area contributed by atoms with Crippen LogP contribution in [0.2, 0.25) is 0 Å². The van der Waals surface area contributed by atoms with Crippen LogP contribution in [0.25, 0.3) is 0 Å². The Kier molecular flexibility index (Phi) is 52.4. The Labute approximate surface area is 419 Å². The number of hydrogen-bond donors (Lipinski definition) is 0. The van der Waals surface area contributed by atoms with Gasteiger partial charge in [-0.1, -0.05) is 220 Å². The summed E-state index contributed by atoms with van der Waals surface area (Å²) in [5.74, 6) is -0.935. The number of ether oxygens (including phenoxy) is 3. The summed E-state index contributed by atoms with van der Waals surface area (Å²) in [6, 6.07) is 0. The molecule has 1 atom stereocenters. The number of unbranched alkanes of at least 4 members (excludes halogenated alkanes) is 20. The van der Waals surface area contributed by atoms with Crippen LogP contribution in [0.4, 0.5) is 0 Å². The SMILES string of the molecule is CC/C=C\C/C=C\C/C=C\C/C=C\C/C=C\C/C=C\CCCCCCCCC(=O)OCC(COC(=O)CCCCCCC/C=C\CCCC)OC(=O)CCCCCCC/C=C\C/C=C\CCCC. The molecule has 6 heteroatoms. The fourth-order valence-corrected chi connectivity index (χ4v) is 7.27. The molecule has 386 valence electrons. The van der Waals surface area contributed by atoms with Gasteiger partial charge in [0.25, 0.3) is 0 Å². The Hall–Kier alpha value is -3.93. The van der Waals surface area contributed by atoms with E-state index in [1.54, 1.807) is 0 Å². The molecule has 0 aromatic carbocycles. The largest absolute Gasteiger partial charge is 0.462 e. The molecule has 0 N–H and O–H groups in total. The smallest absolute Gasteiger partial charge is 0.306 e. The Bertz CT molecular complexity index is 1410. The highest BCUT2D eigenvalue weighted by Crippen LogP contribution is 2.13. The lowest BCUT2D eigenvalue weighted by Gasteiger charge is -2.18. The molecule has 0 aliphatic heterocycles. The maximum Gasteiger partial charge on any atom is 0.306 e. The molecule has 0 fully saturated rings. The van der Waals surface area contributed by atoms with Gasteiger partial charge < -0.3 is 14.2 Å². The lowest BCUT2D eigenvalue weighted by atomic mass is 10.1. The third-order valence-electron chi connectivity index (χ3n) is 11.5. The minimum Gasteiger partial charge on any atom is -0.462 e. The van der Waals surface area contributed by atoms with Crippen molar-refractivity contribution in [2.45, 2.75) is 252 Å². The number of hydrogen-bond acceptors (Lipinski definition) is 6. The fourth-order valence-electron chi connectivity index (χ4n) is 7.27. The van der Waals surface area contributed by atoms with Crippen molar-refractivity contribution in [1.82, 2.24) is 0 Å². The van der Waals surface area contributed by atoms with Gasteiger partial charge in [0.2, 0.25) is 0 Å². The normalized spacial score (nSPS) is 12.9. The van der Waals surface area contributed by atoms with E-state index in [0.29, 0.717) is 19.3 Å². The van der Waals surface area contributed by atoms with E-state index < -0.39 is 6.10 Å². The Morgan fingerprint density at radius 2 is 0.574 bits per heavy atom. The minimum absolute atomic E-state index is 0.0944. The van der Waals surface area contributed by atoms with Gasteiger partial charge in [-0.25, -0.2) is 0 Å². The Balaban J connectivity index is 4.36. The second kappa shape index (κ2) is 55.7. The quantitative estimate of drug-likeness (QED) is 0.0262. The summed E-state index contributed by atoms with van der Waals surface area (Å²) in [7, 11) is 0. The van der Waals surface area contributed by atoms with E-state index >= 15 is 0 Å². The van der Waals surface area contributed by atoms with Crippen molar-refractivity contribution in [3.05, 3.63) is 109 Å². The zero-order valence-corrected chi connectivity index (χ0v) is 44.1. The molecule has 0 heterocycles. The first-order valence-corrected chi connectivity index (χ1v) is 27.9. The number of carbonyl (C=O) groups excluding carboxylic acids is 3. The van der Waals surface area contributed by atoms with Crippen LogP contribution < -0.4 is 0 Å². The van der Waals surface area contributed by atoms with Gasteiger partial charge in [0, 0.05) is 19.3 Å². The molecule has 0 aliphatic carbocycles. The van der Waals surface area contributed by atoms with Crippen LogP contribution in [0.15, 0.2) is 109 Å². The van der Waals surface area contributed by atoms with Crippen molar-refractivity contribution in [2.75, 3.05) is 13.2 Å². The summed E-state index contributed by atoms with van der Waals surface area (Å²) in [6.07, 6.45) is 75.0. The highest BCUT2D eigenvalue weighted by atomic mass is 16.6. The molecule has 0 spiro atoms. The number of rotatable bonds is 49. The van der Waals surface area contributed by atoms with E-state index in [4.69, 9.17) is 14.2 Å². The monoisotopic (exact) mass is 943 g/mol. The fraction of sp³-hybridized carbons (Fsp3) is 0.661. The highest BCUT2D eigenvalue weighted by Gasteiger charge is 2.19. The van der Waals surface area contributed by atoms with Crippen LogP contribution in [-0.4, -0.2) is 37.2 Å². The van der Waals surface area contributed by atoms with E-state index in [1.165, 1.54) is 57.8 Å². The molecule has 0 saturated carbocycles. The molecule has 0 radical (unpaired) electrons. The van der Waals surface area contributed by atoms with Crippen LogP contribution in [-0.2, 0) is 28.6 Å². The van der Waals surface area contributed by atoms with Gasteiger partial charge in [-0.3, -0.25) is 14.4 Å². The second-order valence-corrected chi connectivity index (χ2v) is 18.1. The number of allylic oxidation sites excluding steroid dienone is 18. The van der Waals surface area contributed by atoms with Crippen LogP contribution >= 0.6 is 0 Å². The van der Waals surface area contributed by atoms with Gasteiger partial charge >= 0.3 is 17.9 Å². The minimum atomic E-state index is -0.796. The van der Waals surface area contributed by atoms with Gasteiger partial charge in [-0.15, -0.1) is 0 Å². The molecule has 0 saturated heterocycles. The molecule has 68 heavy (non-hydrogen) atoms. The van der Waals surface area contributed by atoms with Gasteiger partial charge in [0.05, 0.1) is 0 Å². The Morgan fingerprint density at radius 1 is 0.309 bits per heavy atom. The maximum atomic E-state index is 12.8.